The first kappa shape index (κ1) is 10.3. The zero-order valence-electron chi connectivity index (χ0n) is 7.57. The second-order valence-electron chi connectivity index (χ2n) is 2.87. The van der Waals surface area contributed by atoms with Gasteiger partial charge in [0, 0.05) is 17.5 Å². The van der Waals surface area contributed by atoms with Crippen LogP contribution in [0.4, 0.5) is 0 Å². The first-order valence-electron chi connectivity index (χ1n) is 4.16. The number of ether oxygens (including phenoxy) is 1. The fourth-order valence-electron chi connectivity index (χ4n) is 1.26. The van der Waals surface area contributed by atoms with E-state index in [1.54, 1.807) is 6.07 Å². The molecule has 0 radical (unpaired) electrons. The Kier molecular flexibility index (Phi) is 2.81. The second-order valence-corrected chi connectivity index (χ2v) is 3.49. The van der Waals surface area contributed by atoms with Crippen LogP contribution in [0.1, 0.15) is 0 Å². The minimum Gasteiger partial charge on any atom is -0.504 e. The molecule has 2 aromatic rings. The molecule has 1 aromatic carbocycles. The molecule has 5 heteroatoms. The van der Waals surface area contributed by atoms with Crippen molar-refractivity contribution in [2.45, 2.75) is 0 Å². The van der Waals surface area contributed by atoms with Crippen molar-refractivity contribution in [3.05, 3.63) is 34.7 Å². The molecule has 15 heavy (non-hydrogen) atoms. The largest absolute Gasteiger partial charge is 0.504 e. The third-order valence-electron chi connectivity index (χ3n) is 1.91. The van der Waals surface area contributed by atoms with Crippen LogP contribution in [0.15, 0.2) is 33.5 Å². The van der Waals surface area contributed by atoms with Crippen LogP contribution in [0, 0.1) is 0 Å². The van der Waals surface area contributed by atoms with Gasteiger partial charge in [-0.05, 0) is 34.7 Å². The van der Waals surface area contributed by atoms with Crippen molar-refractivity contribution in [3.8, 4) is 11.5 Å². The lowest BCUT2D eigenvalue weighted by Crippen LogP contribution is -1.95. The number of fused-ring (bicyclic) bond motifs is 1. The minimum absolute atomic E-state index is 0.0352. The zero-order valence-corrected chi connectivity index (χ0v) is 9.72. The Hall–Kier alpha value is -1.24. The van der Waals surface area contributed by atoms with Gasteiger partial charge in [0.05, 0.1) is 0 Å². The van der Waals surface area contributed by atoms with Gasteiger partial charge in [-0.1, -0.05) is 0 Å². The molecule has 2 rings (SSSR count). The van der Waals surface area contributed by atoms with Crippen LogP contribution in [0.25, 0.3) is 11.0 Å². The number of benzene rings is 1. The molecule has 0 bridgehead atoms. The van der Waals surface area contributed by atoms with E-state index in [0.29, 0.717) is 21.3 Å². The summed E-state index contributed by atoms with van der Waals surface area (Å²) in [5.74, 6) is 0.347. The van der Waals surface area contributed by atoms with E-state index < -0.39 is 5.63 Å². The van der Waals surface area contributed by atoms with E-state index in [1.807, 2.05) is 22.6 Å². The van der Waals surface area contributed by atoms with Gasteiger partial charge >= 0.3 is 5.63 Å². The number of phenols is 1. The van der Waals surface area contributed by atoms with Crippen LogP contribution in [0.5, 0.6) is 11.5 Å². The summed E-state index contributed by atoms with van der Waals surface area (Å²) in [7, 11) is 0. The van der Waals surface area contributed by atoms with Crippen LogP contribution in [-0.4, -0.2) is 9.72 Å². The maximum Gasteiger partial charge on any atom is 0.336 e. The van der Waals surface area contributed by atoms with Gasteiger partial charge < -0.3 is 14.3 Å². The molecule has 0 aliphatic carbocycles. The Labute approximate surface area is 98.6 Å². The third kappa shape index (κ3) is 2.06. The monoisotopic (exact) mass is 318 g/mol. The quantitative estimate of drug-likeness (QED) is 0.524. The number of halogens is 1. The maximum atomic E-state index is 11.0. The highest BCUT2D eigenvalue weighted by molar-refractivity contribution is 14.1. The fraction of sp³-hybridized carbons (Fsp3) is 0.100. The van der Waals surface area contributed by atoms with Crippen molar-refractivity contribution in [1.82, 2.24) is 0 Å². The van der Waals surface area contributed by atoms with Crippen LogP contribution in [0.2, 0.25) is 0 Å². The SMILES string of the molecule is O=c1ccc2cc(O)c(OCI)cc2o1. The number of aromatic hydroxyl groups is 1. The summed E-state index contributed by atoms with van der Waals surface area (Å²) in [4.78, 5) is 11.0. The average Bonchev–Trinajstić information content (AvgIpc) is 2.20. The normalized spacial score (nSPS) is 10.5. The lowest BCUT2D eigenvalue weighted by molar-refractivity contribution is 0.366. The Balaban J connectivity index is 2.66. The second kappa shape index (κ2) is 4.09. The van der Waals surface area contributed by atoms with Crippen molar-refractivity contribution in [3.63, 3.8) is 0 Å². The highest BCUT2D eigenvalue weighted by atomic mass is 127. The summed E-state index contributed by atoms with van der Waals surface area (Å²) in [6.45, 7) is 0. The van der Waals surface area contributed by atoms with Crippen molar-refractivity contribution in [2.24, 2.45) is 0 Å². The van der Waals surface area contributed by atoms with E-state index in [4.69, 9.17) is 9.15 Å². The van der Waals surface area contributed by atoms with Crippen molar-refractivity contribution in [2.75, 3.05) is 4.61 Å². The van der Waals surface area contributed by atoms with Gasteiger partial charge in [0.25, 0.3) is 0 Å². The first-order chi connectivity index (χ1) is 7.20. The number of rotatable bonds is 2. The average molecular weight is 318 g/mol. The maximum absolute atomic E-state index is 11.0. The molecule has 0 unspecified atom stereocenters. The van der Waals surface area contributed by atoms with Gasteiger partial charge in [0.1, 0.15) is 10.2 Å². The number of hydrogen-bond acceptors (Lipinski definition) is 4. The molecule has 0 aliphatic rings. The molecule has 0 saturated heterocycles. The molecule has 0 amide bonds. The van der Waals surface area contributed by atoms with Crippen LogP contribution in [0.3, 0.4) is 0 Å². The predicted octanol–water partition coefficient (Wildman–Crippen LogP) is 2.27. The molecule has 1 heterocycles. The lowest BCUT2D eigenvalue weighted by atomic mass is 10.2. The first-order valence-corrected chi connectivity index (χ1v) is 5.69. The molecular formula is C10H7IO4. The summed E-state index contributed by atoms with van der Waals surface area (Å²) < 4.78 is 10.5. The van der Waals surface area contributed by atoms with E-state index in [9.17, 15) is 9.90 Å². The number of phenolic OH excluding ortho intramolecular Hbond substituents is 1. The van der Waals surface area contributed by atoms with E-state index in [2.05, 4.69) is 0 Å². The molecule has 78 valence electrons. The van der Waals surface area contributed by atoms with Gasteiger partial charge in [-0.15, -0.1) is 0 Å². The Morgan fingerprint density at radius 2 is 2.20 bits per heavy atom. The van der Waals surface area contributed by atoms with Crippen molar-refractivity contribution in [1.29, 1.82) is 0 Å². The molecule has 0 saturated carbocycles. The number of alkyl halides is 1. The highest BCUT2D eigenvalue weighted by Gasteiger charge is 2.06. The topological polar surface area (TPSA) is 59.7 Å². The Morgan fingerprint density at radius 3 is 2.93 bits per heavy atom. The van der Waals surface area contributed by atoms with E-state index in [0.717, 1.165) is 0 Å². The van der Waals surface area contributed by atoms with Gasteiger partial charge in [-0.25, -0.2) is 4.79 Å². The summed E-state index contributed by atoms with van der Waals surface area (Å²) in [6, 6.07) is 5.90. The van der Waals surface area contributed by atoms with E-state index >= 15 is 0 Å². The Bertz CT molecular complexity index is 547. The van der Waals surface area contributed by atoms with Gasteiger partial charge in [-0.2, -0.15) is 0 Å². The van der Waals surface area contributed by atoms with E-state index in [-0.39, 0.29) is 5.75 Å². The molecular weight excluding hydrogens is 311 g/mol. The molecule has 1 N–H and O–H groups in total. The summed E-state index contributed by atoms with van der Waals surface area (Å²) in [5.41, 5.74) is -0.0197. The van der Waals surface area contributed by atoms with Gasteiger partial charge in [0.2, 0.25) is 0 Å². The number of hydrogen-bond donors (Lipinski definition) is 1. The molecule has 0 atom stereocenters. The third-order valence-corrected chi connectivity index (χ3v) is 2.22. The summed E-state index contributed by atoms with van der Waals surface area (Å²) >= 11 is 2.01. The van der Waals surface area contributed by atoms with Crippen LogP contribution >= 0.6 is 22.6 Å². The van der Waals surface area contributed by atoms with Gasteiger partial charge in [-0.3, -0.25) is 0 Å². The lowest BCUT2D eigenvalue weighted by Gasteiger charge is -2.05. The zero-order chi connectivity index (χ0) is 10.8. The molecule has 0 aliphatic heterocycles. The van der Waals surface area contributed by atoms with E-state index in [1.165, 1.54) is 18.2 Å². The molecule has 4 nitrogen and oxygen atoms in total. The minimum atomic E-state index is -0.423. The summed E-state index contributed by atoms with van der Waals surface area (Å²) in [5, 5.41) is 10.2. The van der Waals surface area contributed by atoms with Crippen LogP contribution in [-0.2, 0) is 0 Å². The Morgan fingerprint density at radius 1 is 1.40 bits per heavy atom. The van der Waals surface area contributed by atoms with Gasteiger partial charge in [0.15, 0.2) is 11.5 Å². The molecule has 1 aromatic heterocycles. The highest BCUT2D eigenvalue weighted by Crippen LogP contribution is 2.30. The van der Waals surface area contributed by atoms with Crippen molar-refractivity contribution >= 4 is 33.6 Å². The smallest absolute Gasteiger partial charge is 0.336 e. The summed E-state index contributed by atoms with van der Waals surface area (Å²) in [6.07, 6.45) is 0. The molecule has 0 fully saturated rings. The standard InChI is InChI=1S/C10H7IO4/c11-5-14-9-4-8-6(3-7(9)12)1-2-10(13)15-8/h1-4,12H,5H2. The molecule has 0 spiro atoms. The van der Waals surface area contributed by atoms with Crippen molar-refractivity contribution < 1.29 is 14.3 Å². The predicted molar refractivity (Wildman–Crippen MR) is 63.7 cm³/mol. The van der Waals surface area contributed by atoms with Crippen LogP contribution < -0.4 is 10.4 Å². The fourth-order valence-corrected chi connectivity index (χ4v) is 1.59.